The number of carbonyl (C=O) groups is 2. The quantitative estimate of drug-likeness (QED) is 0.0354. The summed E-state index contributed by atoms with van der Waals surface area (Å²) in [6.45, 7) is 5.39. The van der Waals surface area contributed by atoms with Crippen molar-refractivity contribution in [2.45, 2.75) is 168 Å². The van der Waals surface area contributed by atoms with E-state index in [2.05, 4.69) is 26.0 Å². The van der Waals surface area contributed by atoms with Crippen LogP contribution in [0.3, 0.4) is 0 Å². The van der Waals surface area contributed by atoms with E-state index in [0.29, 0.717) is 12.8 Å². The molecule has 0 bridgehead atoms. The van der Waals surface area contributed by atoms with Crippen molar-refractivity contribution in [3.63, 3.8) is 0 Å². The van der Waals surface area contributed by atoms with Crippen molar-refractivity contribution in [2.75, 3.05) is 19.8 Å². The van der Waals surface area contributed by atoms with Gasteiger partial charge in [-0.2, -0.15) is 0 Å². The highest BCUT2D eigenvalue weighted by Crippen LogP contribution is 2.43. The van der Waals surface area contributed by atoms with Crippen molar-refractivity contribution >= 4 is 19.8 Å². The molecule has 0 fully saturated rings. The number of carbonyl (C=O) groups excluding carboxylic acids is 2. The van der Waals surface area contributed by atoms with Crippen LogP contribution in [0.2, 0.25) is 0 Å². The minimum atomic E-state index is -4.26. The second-order valence-electron chi connectivity index (χ2n) is 11.2. The number of phosphoric ester groups is 1. The Hall–Kier alpha value is -1.21. The molecule has 0 rings (SSSR count). The smallest absolute Gasteiger partial charge is 0.462 e. The van der Waals surface area contributed by atoms with Gasteiger partial charge in [0, 0.05) is 12.8 Å². The van der Waals surface area contributed by atoms with E-state index in [9.17, 15) is 19.0 Å². The normalized spacial score (nSPS) is 13.7. The van der Waals surface area contributed by atoms with Crippen LogP contribution >= 0.6 is 7.82 Å². The standard InChI is InChI=1S/C33H63O8P/c1-4-7-9-11-13-15-17-19-21-23-25-27-32(34)38-29-31(30-40-42(36,37)39-6-3)41-33(35)28-26-24-22-20-18-16-14-12-10-8-5-2/h12,14,31H,4-11,13,15-30H2,1-3H3,(H,36,37)/b14-12-. The van der Waals surface area contributed by atoms with Gasteiger partial charge in [-0.25, -0.2) is 4.57 Å². The molecular weight excluding hydrogens is 555 g/mol. The van der Waals surface area contributed by atoms with E-state index in [4.69, 9.17) is 18.5 Å². The third kappa shape index (κ3) is 28.9. The van der Waals surface area contributed by atoms with E-state index in [0.717, 1.165) is 57.8 Å². The number of ether oxygens (including phenoxy) is 2. The summed E-state index contributed by atoms with van der Waals surface area (Å²) in [7, 11) is -4.26. The highest BCUT2D eigenvalue weighted by Gasteiger charge is 2.25. The fourth-order valence-electron chi connectivity index (χ4n) is 4.55. The summed E-state index contributed by atoms with van der Waals surface area (Å²) in [5.41, 5.74) is 0. The Morgan fingerprint density at radius 2 is 1.10 bits per heavy atom. The molecule has 2 unspecified atom stereocenters. The van der Waals surface area contributed by atoms with Gasteiger partial charge in [-0.15, -0.1) is 0 Å². The number of esters is 2. The summed E-state index contributed by atoms with van der Waals surface area (Å²) in [4.78, 5) is 34.4. The second-order valence-corrected chi connectivity index (χ2v) is 12.6. The fourth-order valence-corrected chi connectivity index (χ4v) is 5.31. The Morgan fingerprint density at radius 3 is 1.64 bits per heavy atom. The lowest BCUT2D eigenvalue weighted by atomic mass is 10.1. The molecular formula is C33H63O8P. The molecule has 0 aromatic rings. The minimum Gasteiger partial charge on any atom is -0.462 e. The molecule has 9 heteroatoms. The number of hydrogen-bond donors (Lipinski definition) is 1. The molecule has 0 aromatic heterocycles. The van der Waals surface area contributed by atoms with Crippen molar-refractivity contribution in [2.24, 2.45) is 0 Å². The lowest BCUT2D eigenvalue weighted by Crippen LogP contribution is -2.29. The molecule has 0 aliphatic rings. The van der Waals surface area contributed by atoms with Crippen LogP contribution < -0.4 is 0 Å². The first-order chi connectivity index (χ1) is 20.3. The number of allylic oxidation sites excluding steroid dienone is 2. The van der Waals surface area contributed by atoms with Crippen LogP contribution in [-0.4, -0.2) is 42.8 Å². The van der Waals surface area contributed by atoms with E-state index >= 15 is 0 Å². The van der Waals surface area contributed by atoms with Crippen molar-refractivity contribution in [1.29, 1.82) is 0 Å². The zero-order valence-corrected chi connectivity index (χ0v) is 28.1. The topological polar surface area (TPSA) is 108 Å². The van der Waals surface area contributed by atoms with Crippen molar-refractivity contribution in [1.82, 2.24) is 0 Å². The Bertz CT molecular complexity index is 712. The van der Waals surface area contributed by atoms with Crippen molar-refractivity contribution in [3.8, 4) is 0 Å². The molecule has 0 saturated carbocycles. The molecule has 0 aromatic carbocycles. The molecule has 0 spiro atoms. The Balaban J connectivity index is 4.22. The summed E-state index contributed by atoms with van der Waals surface area (Å²) < 4.78 is 32.3. The average Bonchev–Trinajstić information content (AvgIpc) is 2.96. The van der Waals surface area contributed by atoms with Crippen LogP contribution in [0.5, 0.6) is 0 Å². The first-order valence-electron chi connectivity index (χ1n) is 17.0. The summed E-state index contributed by atoms with van der Waals surface area (Å²) in [5.74, 6) is -0.808. The van der Waals surface area contributed by atoms with Crippen LogP contribution in [-0.2, 0) is 32.7 Å². The number of unbranched alkanes of at least 4 members (excludes halogenated alkanes) is 17. The molecule has 2 atom stereocenters. The fraction of sp³-hybridized carbons (Fsp3) is 0.879. The van der Waals surface area contributed by atoms with Crippen molar-refractivity contribution in [3.05, 3.63) is 12.2 Å². The number of phosphoric acid groups is 1. The molecule has 0 radical (unpaired) electrons. The summed E-state index contributed by atoms with van der Waals surface area (Å²) in [6.07, 6.45) is 26.9. The SMILES string of the molecule is CCCC/C=C\CCCCCCCC(=O)OC(COC(=O)CCCCCCCCCCCCC)COP(=O)(O)OCC. The summed E-state index contributed by atoms with van der Waals surface area (Å²) in [6, 6.07) is 0. The minimum absolute atomic E-state index is 0.00131. The van der Waals surface area contributed by atoms with E-state index in [1.807, 2.05) is 0 Å². The van der Waals surface area contributed by atoms with Gasteiger partial charge in [0.25, 0.3) is 0 Å². The number of rotatable bonds is 31. The monoisotopic (exact) mass is 618 g/mol. The highest BCUT2D eigenvalue weighted by atomic mass is 31.2. The predicted octanol–water partition coefficient (Wildman–Crippen LogP) is 9.77. The van der Waals surface area contributed by atoms with Crippen LogP contribution in [0.4, 0.5) is 0 Å². The van der Waals surface area contributed by atoms with Gasteiger partial charge in [-0.3, -0.25) is 18.6 Å². The maximum absolute atomic E-state index is 12.4. The maximum Gasteiger partial charge on any atom is 0.472 e. The van der Waals surface area contributed by atoms with Gasteiger partial charge in [0.2, 0.25) is 0 Å². The van der Waals surface area contributed by atoms with Crippen LogP contribution in [0, 0.1) is 0 Å². The van der Waals surface area contributed by atoms with Gasteiger partial charge < -0.3 is 14.4 Å². The summed E-state index contributed by atoms with van der Waals surface area (Å²) in [5, 5.41) is 0. The largest absolute Gasteiger partial charge is 0.472 e. The first kappa shape index (κ1) is 40.8. The van der Waals surface area contributed by atoms with Gasteiger partial charge in [-0.1, -0.05) is 122 Å². The second kappa shape index (κ2) is 29.8. The van der Waals surface area contributed by atoms with Crippen molar-refractivity contribution < 1.29 is 37.6 Å². The molecule has 0 aliphatic heterocycles. The first-order valence-corrected chi connectivity index (χ1v) is 18.5. The lowest BCUT2D eigenvalue weighted by Gasteiger charge is -2.19. The molecule has 0 heterocycles. The number of hydrogen-bond acceptors (Lipinski definition) is 7. The Labute approximate surface area is 257 Å². The van der Waals surface area contributed by atoms with Crippen LogP contribution in [0.1, 0.15) is 162 Å². The Kier molecular flexibility index (Phi) is 29.0. The zero-order valence-electron chi connectivity index (χ0n) is 27.2. The molecule has 42 heavy (non-hydrogen) atoms. The molecule has 0 amide bonds. The molecule has 0 saturated heterocycles. The van der Waals surface area contributed by atoms with Gasteiger partial charge in [-0.05, 0) is 39.0 Å². The molecule has 248 valence electrons. The van der Waals surface area contributed by atoms with Gasteiger partial charge >= 0.3 is 19.8 Å². The van der Waals surface area contributed by atoms with E-state index < -0.39 is 26.5 Å². The van der Waals surface area contributed by atoms with E-state index in [1.54, 1.807) is 6.92 Å². The maximum atomic E-state index is 12.4. The summed E-state index contributed by atoms with van der Waals surface area (Å²) >= 11 is 0. The zero-order chi connectivity index (χ0) is 31.2. The predicted molar refractivity (Wildman–Crippen MR) is 170 cm³/mol. The van der Waals surface area contributed by atoms with Gasteiger partial charge in [0.05, 0.1) is 13.2 Å². The van der Waals surface area contributed by atoms with Gasteiger partial charge in [0.1, 0.15) is 6.61 Å². The van der Waals surface area contributed by atoms with E-state index in [1.165, 1.54) is 64.2 Å². The van der Waals surface area contributed by atoms with Crippen LogP contribution in [0.15, 0.2) is 12.2 Å². The molecule has 8 nitrogen and oxygen atoms in total. The molecule has 1 N–H and O–H groups in total. The Morgan fingerprint density at radius 1 is 0.619 bits per heavy atom. The third-order valence-electron chi connectivity index (χ3n) is 7.07. The van der Waals surface area contributed by atoms with Crippen LogP contribution in [0.25, 0.3) is 0 Å². The average molecular weight is 619 g/mol. The molecule has 0 aliphatic carbocycles. The van der Waals surface area contributed by atoms with E-state index in [-0.39, 0.29) is 25.6 Å². The highest BCUT2D eigenvalue weighted by molar-refractivity contribution is 7.47. The van der Waals surface area contributed by atoms with Gasteiger partial charge in [0.15, 0.2) is 6.10 Å². The third-order valence-corrected chi connectivity index (χ3v) is 8.13. The lowest BCUT2D eigenvalue weighted by molar-refractivity contribution is -0.161.